The molecule has 0 saturated heterocycles. The van der Waals surface area contributed by atoms with Gasteiger partial charge in [-0.1, -0.05) is 17.7 Å². The van der Waals surface area contributed by atoms with Crippen molar-refractivity contribution in [2.75, 3.05) is 7.11 Å². The van der Waals surface area contributed by atoms with Crippen LogP contribution in [0.2, 0.25) is 0 Å². The Morgan fingerprint density at radius 2 is 2.29 bits per heavy atom. The van der Waals surface area contributed by atoms with Crippen LogP contribution in [-0.4, -0.2) is 18.9 Å². The van der Waals surface area contributed by atoms with Crippen LogP contribution in [0.15, 0.2) is 23.8 Å². The van der Waals surface area contributed by atoms with E-state index in [9.17, 15) is 9.59 Å². The summed E-state index contributed by atoms with van der Waals surface area (Å²) in [4.78, 5) is 24.1. The minimum atomic E-state index is -0.688. The number of allylic oxidation sites excluding steroid dienone is 3. The molecule has 0 heterocycles. The van der Waals surface area contributed by atoms with Gasteiger partial charge in [0.05, 0.1) is 7.11 Å². The minimum Gasteiger partial charge on any atom is -0.468 e. The highest BCUT2D eigenvalue weighted by atomic mass is 16.5. The molecule has 1 unspecified atom stereocenters. The molecule has 3 heteroatoms. The van der Waals surface area contributed by atoms with Gasteiger partial charge >= 0.3 is 5.97 Å². The van der Waals surface area contributed by atoms with E-state index in [0.717, 1.165) is 19.3 Å². The van der Waals surface area contributed by atoms with Crippen molar-refractivity contribution in [3.8, 4) is 0 Å². The Bertz CT molecular complexity index is 446. The van der Waals surface area contributed by atoms with Gasteiger partial charge in [0.2, 0.25) is 0 Å². The Morgan fingerprint density at radius 3 is 3.06 bits per heavy atom. The summed E-state index contributed by atoms with van der Waals surface area (Å²) in [6.07, 6.45) is 9.43. The second-order valence-electron chi connectivity index (χ2n) is 5.17. The second-order valence-corrected chi connectivity index (χ2v) is 5.17. The van der Waals surface area contributed by atoms with E-state index in [4.69, 9.17) is 4.74 Å². The third kappa shape index (κ3) is 1.22. The fraction of sp³-hybridized carbons (Fsp3) is 0.571. The number of fused-ring (bicyclic) bond motifs is 3. The Balaban J connectivity index is 2.11. The van der Waals surface area contributed by atoms with Gasteiger partial charge in [-0.05, 0) is 31.8 Å². The number of hydrogen-bond donors (Lipinski definition) is 0. The lowest BCUT2D eigenvalue weighted by Gasteiger charge is -2.39. The first-order valence-electron chi connectivity index (χ1n) is 6.20. The molecule has 0 spiro atoms. The van der Waals surface area contributed by atoms with E-state index in [-0.39, 0.29) is 23.6 Å². The number of rotatable bonds is 1. The van der Waals surface area contributed by atoms with E-state index < -0.39 is 5.41 Å². The van der Waals surface area contributed by atoms with E-state index >= 15 is 0 Å². The van der Waals surface area contributed by atoms with E-state index in [0.29, 0.717) is 6.42 Å². The molecule has 3 nitrogen and oxygen atoms in total. The number of carbonyl (C=O) groups excluding carboxylic acids is 2. The molecule has 3 rings (SSSR count). The van der Waals surface area contributed by atoms with E-state index in [1.807, 2.05) is 6.08 Å². The molecular formula is C14H16O3. The molecular weight excluding hydrogens is 216 g/mol. The average molecular weight is 232 g/mol. The largest absolute Gasteiger partial charge is 0.468 e. The minimum absolute atomic E-state index is 0.0811. The lowest BCUT2D eigenvalue weighted by Crippen LogP contribution is -2.45. The highest BCUT2D eigenvalue weighted by molar-refractivity contribution is 6.02. The summed E-state index contributed by atoms with van der Waals surface area (Å²) in [5.41, 5.74) is 0.665. The Hall–Kier alpha value is -1.38. The van der Waals surface area contributed by atoms with Crippen molar-refractivity contribution >= 4 is 11.8 Å². The van der Waals surface area contributed by atoms with Crippen molar-refractivity contribution in [1.29, 1.82) is 0 Å². The molecule has 0 aromatic rings. The Labute approximate surface area is 101 Å². The van der Waals surface area contributed by atoms with Crippen molar-refractivity contribution in [2.45, 2.75) is 25.7 Å². The third-order valence-corrected chi connectivity index (χ3v) is 4.58. The van der Waals surface area contributed by atoms with Crippen LogP contribution in [0.5, 0.6) is 0 Å². The fourth-order valence-electron chi connectivity index (χ4n) is 3.82. The smallest absolute Gasteiger partial charge is 0.317 e. The molecule has 3 aliphatic rings. The number of methoxy groups -OCH3 is 1. The number of ketones is 1. The highest BCUT2D eigenvalue weighted by Crippen LogP contribution is 2.56. The molecule has 0 aliphatic heterocycles. The van der Waals surface area contributed by atoms with Crippen LogP contribution < -0.4 is 0 Å². The van der Waals surface area contributed by atoms with Crippen LogP contribution in [-0.2, 0) is 14.3 Å². The van der Waals surface area contributed by atoms with Crippen molar-refractivity contribution in [2.24, 2.45) is 17.3 Å². The maximum absolute atomic E-state index is 12.2. The normalized spacial score (nSPS) is 38.6. The molecule has 0 amide bonds. The third-order valence-electron chi connectivity index (χ3n) is 4.58. The maximum Gasteiger partial charge on any atom is 0.317 e. The molecule has 0 bridgehead atoms. The van der Waals surface area contributed by atoms with Crippen LogP contribution in [0.1, 0.15) is 25.7 Å². The van der Waals surface area contributed by atoms with Crippen LogP contribution in [0.3, 0.4) is 0 Å². The van der Waals surface area contributed by atoms with Crippen molar-refractivity contribution in [3.63, 3.8) is 0 Å². The molecule has 17 heavy (non-hydrogen) atoms. The van der Waals surface area contributed by atoms with E-state index in [2.05, 4.69) is 6.08 Å². The highest BCUT2D eigenvalue weighted by Gasteiger charge is 2.58. The first-order valence-corrected chi connectivity index (χ1v) is 6.20. The number of carbonyl (C=O) groups is 2. The summed E-state index contributed by atoms with van der Waals surface area (Å²) >= 11 is 0. The van der Waals surface area contributed by atoms with Gasteiger partial charge in [0, 0.05) is 11.8 Å². The summed E-state index contributed by atoms with van der Waals surface area (Å²) in [5.74, 6) is -0.183. The average Bonchev–Trinajstić information content (AvgIpc) is 2.93. The van der Waals surface area contributed by atoms with Gasteiger partial charge in [0.25, 0.3) is 0 Å². The molecule has 3 atom stereocenters. The predicted molar refractivity (Wildman–Crippen MR) is 62.1 cm³/mol. The number of ether oxygens (including phenoxy) is 1. The van der Waals surface area contributed by atoms with Crippen molar-refractivity contribution in [3.05, 3.63) is 23.8 Å². The SMILES string of the molecule is COC(=O)[C@]12C=CC(=O)[C@H]1CC=C1CCCC12. The van der Waals surface area contributed by atoms with Gasteiger partial charge in [-0.15, -0.1) is 0 Å². The molecule has 0 N–H and O–H groups in total. The summed E-state index contributed by atoms with van der Waals surface area (Å²) in [6, 6.07) is 0. The van der Waals surface area contributed by atoms with Crippen molar-refractivity contribution < 1.29 is 14.3 Å². The zero-order valence-electron chi connectivity index (χ0n) is 9.94. The fourth-order valence-corrected chi connectivity index (χ4v) is 3.82. The first kappa shape index (κ1) is 10.8. The second kappa shape index (κ2) is 3.56. The molecule has 1 saturated carbocycles. The molecule has 3 aliphatic carbocycles. The molecule has 90 valence electrons. The van der Waals surface area contributed by atoms with Crippen LogP contribution in [0.4, 0.5) is 0 Å². The first-order chi connectivity index (χ1) is 8.20. The summed E-state index contributed by atoms with van der Waals surface area (Å²) in [7, 11) is 1.41. The van der Waals surface area contributed by atoms with Gasteiger partial charge < -0.3 is 4.74 Å². The summed E-state index contributed by atoms with van der Waals surface area (Å²) < 4.78 is 4.98. The van der Waals surface area contributed by atoms with Gasteiger partial charge in [0.15, 0.2) is 5.78 Å². The lowest BCUT2D eigenvalue weighted by molar-refractivity contribution is -0.157. The quantitative estimate of drug-likeness (QED) is 0.513. The Morgan fingerprint density at radius 1 is 1.47 bits per heavy atom. The van der Waals surface area contributed by atoms with E-state index in [1.54, 1.807) is 6.08 Å². The number of esters is 1. The van der Waals surface area contributed by atoms with E-state index in [1.165, 1.54) is 12.7 Å². The van der Waals surface area contributed by atoms with Gasteiger partial charge in [0.1, 0.15) is 5.41 Å². The summed E-state index contributed by atoms with van der Waals surface area (Å²) in [6.45, 7) is 0. The number of hydrogen-bond acceptors (Lipinski definition) is 3. The van der Waals surface area contributed by atoms with Crippen LogP contribution >= 0.6 is 0 Å². The zero-order valence-corrected chi connectivity index (χ0v) is 9.94. The molecule has 0 radical (unpaired) electrons. The molecule has 0 aromatic heterocycles. The Kier molecular flexibility index (Phi) is 2.25. The molecule has 0 aromatic carbocycles. The van der Waals surface area contributed by atoms with Crippen LogP contribution in [0, 0.1) is 17.3 Å². The molecule has 1 fully saturated rings. The van der Waals surface area contributed by atoms with Gasteiger partial charge in [-0.25, -0.2) is 0 Å². The van der Waals surface area contributed by atoms with Gasteiger partial charge in [-0.2, -0.15) is 0 Å². The van der Waals surface area contributed by atoms with Gasteiger partial charge in [-0.3, -0.25) is 9.59 Å². The standard InChI is InChI=1S/C14H16O3/c1-17-13(16)14-8-7-12(15)11(14)6-5-9-3-2-4-10(9)14/h5,7-8,10-11H,2-4,6H2,1H3/t10?,11-,14+/m1/s1. The monoisotopic (exact) mass is 232 g/mol. The van der Waals surface area contributed by atoms with Crippen LogP contribution in [0.25, 0.3) is 0 Å². The lowest BCUT2D eigenvalue weighted by atomic mass is 9.62. The topological polar surface area (TPSA) is 43.4 Å². The predicted octanol–water partition coefficient (Wildman–Crippen LogP) is 2.03. The van der Waals surface area contributed by atoms with Crippen molar-refractivity contribution in [1.82, 2.24) is 0 Å². The zero-order chi connectivity index (χ0) is 12.0. The summed E-state index contributed by atoms with van der Waals surface area (Å²) in [5, 5.41) is 0. The maximum atomic E-state index is 12.2.